The van der Waals surface area contributed by atoms with Crippen LogP contribution in [0.25, 0.3) is 0 Å². The Morgan fingerprint density at radius 2 is 2.21 bits per heavy atom. The van der Waals surface area contributed by atoms with Crippen LogP contribution < -0.4 is 5.32 Å². The number of likely N-dealkylation sites (N-methyl/N-ethyl adjacent to an activating group) is 2. The molecule has 0 spiro atoms. The summed E-state index contributed by atoms with van der Waals surface area (Å²) in [4.78, 5) is 2.02. The topological polar surface area (TPSA) is 24.5 Å². The molecule has 3 nitrogen and oxygen atoms in total. The third kappa shape index (κ3) is 3.29. The summed E-state index contributed by atoms with van der Waals surface area (Å²) in [6.45, 7) is 4.77. The number of hydrogen-bond acceptors (Lipinski definition) is 3. The van der Waals surface area contributed by atoms with Crippen molar-refractivity contribution in [1.29, 1.82) is 0 Å². The normalized spacial score (nSPS) is 24.6. The first-order valence-corrected chi connectivity index (χ1v) is 6.61. The monoisotopic (exact) mass is 270 g/mol. The van der Waals surface area contributed by atoms with Crippen molar-refractivity contribution in [2.75, 3.05) is 33.3 Å². The Morgan fingerprint density at radius 1 is 1.42 bits per heavy atom. The van der Waals surface area contributed by atoms with E-state index in [1.54, 1.807) is 0 Å². The van der Waals surface area contributed by atoms with Crippen molar-refractivity contribution in [2.45, 2.75) is 19.1 Å². The van der Waals surface area contributed by atoms with Crippen molar-refractivity contribution in [3.63, 3.8) is 0 Å². The molecule has 1 aromatic carbocycles. The van der Waals surface area contributed by atoms with Gasteiger partial charge in [0.25, 0.3) is 0 Å². The highest BCUT2D eigenvalue weighted by Gasteiger charge is 2.33. The maximum absolute atomic E-state index is 14.0. The van der Waals surface area contributed by atoms with Crippen LogP contribution in [0.4, 0.5) is 8.78 Å². The van der Waals surface area contributed by atoms with Crippen LogP contribution in [0.2, 0.25) is 0 Å². The van der Waals surface area contributed by atoms with E-state index in [1.165, 1.54) is 12.1 Å². The zero-order chi connectivity index (χ0) is 13.8. The Morgan fingerprint density at radius 3 is 2.95 bits per heavy atom. The van der Waals surface area contributed by atoms with Gasteiger partial charge in [0.1, 0.15) is 11.6 Å². The lowest BCUT2D eigenvalue weighted by Gasteiger charge is -2.39. The van der Waals surface area contributed by atoms with E-state index in [-0.39, 0.29) is 18.0 Å². The van der Waals surface area contributed by atoms with Crippen LogP contribution in [0, 0.1) is 11.6 Å². The van der Waals surface area contributed by atoms with Crippen molar-refractivity contribution >= 4 is 0 Å². The van der Waals surface area contributed by atoms with Crippen molar-refractivity contribution in [3.05, 3.63) is 35.4 Å². The van der Waals surface area contributed by atoms with Gasteiger partial charge in [-0.15, -0.1) is 0 Å². The van der Waals surface area contributed by atoms with Gasteiger partial charge in [0.05, 0.1) is 18.8 Å². The molecule has 1 fully saturated rings. The van der Waals surface area contributed by atoms with Gasteiger partial charge in [-0.3, -0.25) is 4.90 Å². The summed E-state index contributed by atoms with van der Waals surface area (Å²) in [6.07, 6.45) is -0.171. The van der Waals surface area contributed by atoms with E-state index >= 15 is 0 Å². The number of rotatable bonds is 4. The van der Waals surface area contributed by atoms with Gasteiger partial charge in [-0.25, -0.2) is 8.78 Å². The largest absolute Gasteiger partial charge is 0.374 e. The molecule has 0 bridgehead atoms. The minimum Gasteiger partial charge on any atom is -0.374 e. The Hall–Kier alpha value is -1.04. The molecule has 5 heteroatoms. The van der Waals surface area contributed by atoms with Gasteiger partial charge in [0.15, 0.2) is 0 Å². The van der Waals surface area contributed by atoms with Gasteiger partial charge < -0.3 is 10.1 Å². The molecule has 1 aliphatic rings. The predicted molar refractivity (Wildman–Crippen MR) is 70.0 cm³/mol. The molecular weight excluding hydrogens is 250 g/mol. The molecule has 0 saturated carbocycles. The SMILES string of the molecule is CCNCC1OCCN(C)C1c1cc(F)ccc1F. The van der Waals surface area contributed by atoms with Crippen molar-refractivity contribution in [3.8, 4) is 0 Å². The van der Waals surface area contributed by atoms with Crippen molar-refractivity contribution in [1.82, 2.24) is 10.2 Å². The van der Waals surface area contributed by atoms with E-state index in [4.69, 9.17) is 4.74 Å². The van der Waals surface area contributed by atoms with Crippen LogP contribution >= 0.6 is 0 Å². The van der Waals surface area contributed by atoms with Crippen molar-refractivity contribution in [2.24, 2.45) is 0 Å². The second kappa shape index (κ2) is 6.41. The van der Waals surface area contributed by atoms with Gasteiger partial charge in [-0.1, -0.05) is 6.92 Å². The lowest BCUT2D eigenvalue weighted by Crippen LogP contribution is -2.47. The molecule has 1 heterocycles. The minimum absolute atomic E-state index is 0.171. The maximum Gasteiger partial charge on any atom is 0.128 e. The van der Waals surface area contributed by atoms with Crippen molar-refractivity contribution < 1.29 is 13.5 Å². The molecule has 2 unspecified atom stereocenters. The van der Waals surface area contributed by atoms with Gasteiger partial charge in [-0.05, 0) is 31.8 Å². The number of nitrogens with zero attached hydrogens (tertiary/aromatic N) is 1. The van der Waals surface area contributed by atoms with Crippen LogP contribution in [-0.4, -0.2) is 44.3 Å². The quantitative estimate of drug-likeness (QED) is 0.905. The first-order chi connectivity index (χ1) is 9.13. The van der Waals surface area contributed by atoms with Gasteiger partial charge in [-0.2, -0.15) is 0 Å². The summed E-state index contributed by atoms with van der Waals surface area (Å²) in [5.74, 6) is -0.803. The summed E-state index contributed by atoms with van der Waals surface area (Å²) in [5, 5.41) is 3.20. The number of halogens is 2. The molecule has 2 rings (SSSR count). The molecule has 0 aliphatic carbocycles. The molecule has 0 amide bonds. The summed E-state index contributed by atoms with van der Waals surface area (Å²) in [7, 11) is 1.91. The molecule has 0 radical (unpaired) electrons. The van der Waals surface area contributed by atoms with Crippen LogP contribution in [0.5, 0.6) is 0 Å². The summed E-state index contributed by atoms with van der Waals surface area (Å²) >= 11 is 0. The van der Waals surface area contributed by atoms with E-state index < -0.39 is 5.82 Å². The fourth-order valence-electron chi connectivity index (χ4n) is 2.50. The Kier molecular flexibility index (Phi) is 4.85. The van der Waals surface area contributed by atoms with Gasteiger partial charge in [0, 0.05) is 18.7 Å². The standard InChI is InChI=1S/C14H20F2N2O/c1-3-17-9-13-14(18(2)6-7-19-13)11-8-10(15)4-5-12(11)16/h4-5,8,13-14,17H,3,6-7,9H2,1-2H3. The van der Waals surface area contributed by atoms with E-state index in [0.29, 0.717) is 25.3 Å². The molecule has 19 heavy (non-hydrogen) atoms. The lowest BCUT2D eigenvalue weighted by molar-refractivity contribution is -0.0622. The zero-order valence-electron chi connectivity index (χ0n) is 11.3. The first-order valence-electron chi connectivity index (χ1n) is 6.61. The number of ether oxygens (including phenoxy) is 1. The van der Waals surface area contributed by atoms with Crippen LogP contribution in [-0.2, 0) is 4.74 Å². The van der Waals surface area contributed by atoms with Gasteiger partial charge in [0.2, 0.25) is 0 Å². The van der Waals surface area contributed by atoms with Gasteiger partial charge >= 0.3 is 0 Å². The lowest BCUT2D eigenvalue weighted by atomic mass is 9.97. The van der Waals surface area contributed by atoms with E-state index in [9.17, 15) is 8.78 Å². The first kappa shape index (κ1) is 14.4. The third-order valence-corrected chi connectivity index (χ3v) is 3.48. The number of nitrogens with one attached hydrogen (secondary N) is 1. The molecule has 1 aromatic rings. The van der Waals surface area contributed by atoms with Crippen LogP contribution in [0.15, 0.2) is 18.2 Å². The second-order valence-electron chi connectivity index (χ2n) is 4.81. The molecule has 1 aliphatic heterocycles. The smallest absolute Gasteiger partial charge is 0.128 e. The molecule has 1 saturated heterocycles. The Balaban J connectivity index is 2.27. The molecule has 2 atom stereocenters. The zero-order valence-corrected chi connectivity index (χ0v) is 11.3. The van der Waals surface area contributed by atoms with E-state index in [0.717, 1.165) is 12.6 Å². The highest BCUT2D eigenvalue weighted by Crippen LogP contribution is 2.30. The Labute approximate surface area is 112 Å². The average molecular weight is 270 g/mol. The summed E-state index contributed by atoms with van der Waals surface area (Å²) in [6, 6.07) is 3.33. The number of benzene rings is 1. The molecule has 0 aromatic heterocycles. The fraction of sp³-hybridized carbons (Fsp3) is 0.571. The third-order valence-electron chi connectivity index (χ3n) is 3.48. The number of morpholine rings is 1. The average Bonchev–Trinajstić information content (AvgIpc) is 2.39. The van der Waals surface area contributed by atoms with Crippen LogP contribution in [0.1, 0.15) is 18.5 Å². The summed E-state index contributed by atoms with van der Waals surface area (Å²) < 4.78 is 33.0. The Bertz CT molecular complexity index is 428. The fourth-order valence-corrected chi connectivity index (χ4v) is 2.50. The molecular formula is C14H20F2N2O. The van der Waals surface area contributed by atoms with E-state index in [1.807, 2.05) is 18.9 Å². The predicted octanol–water partition coefficient (Wildman–Crippen LogP) is 1.95. The van der Waals surface area contributed by atoms with E-state index in [2.05, 4.69) is 5.32 Å². The summed E-state index contributed by atoms with van der Waals surface area (Å²) in [5.41, 5.74) is 0.366. The maximum atomic E-state index is 14.0. The second-order valence-corrected chi connectivity index (χ2v) is 4.81. The molecule has 1 N–H and O–H groups in total. The molecule has 106 valence electrons. The van der Waals surface area contributed by atoms with Crippen LogP contribution in [0.3, 0.4) is 0 Å². The number of hydrogen-bond donors (Lipinski definition) is 1. The highest BCUT2D eigenvalue weighted by molar-refractivity contribution is 5.24. The minimum atomic E-state index is -0.419. The highest BCUT2D eigenvalue weighted by atomic mass is 19.1.